The fourth-order valence-electron chi connectivity index (χ4n) is 2.70. The Kier molecular flexibility index (Phi) is 14.5. The van der Waals surface area contributed by atoms with Crippen molar-refractivity contribution >= 4 is 5.78 Å². The van der Waals surface area contributed by atoms with E-state index in [1.165, 1.54) is 44.9 Å². The monoisotopic (exact) mass is 347 g/mol. The summed E-state index contributed by atoms with van der Waals surface area (Å²) < 4.78 is 0. The Balaban J connectivity index is 3.70. The number of aliphatic hydroxyl groups excluding tert-OH is 4. The zero-order valence-electron chi connectivity index (χ0n) is 15.1. The molecule has 0 saturated carbocycles. The molecule has 144 valence electrons. The van der Waals surface area contributed by atoms with E-state index in [4.69, 9.17) is 10.8 Å². The van der Waals surface area contributed by atoms with Crippen molar-refractivity contribution in [1.82, 2.24) is 0 Å². The SMILES string of the molecule is CCCCCCCCCCCCC(O)[C@H](N)C(=O)[C@H](O)[C@H](O)CO. The van der Waals surface area contributed by atoms with E-state index in [2.05, 4.69) is 6.92 Å². The molecule has 0 fully saturated rings. The standard InChI is InChI=1S/C18H37NO5/c1-2-3-4-5-6-7-8-9-10-11-12-14(21)16(19)18(24)17(23)15(22)13-20/h14-17,20-23H,2-13,19H2,1H3/t14?,15-,16+,17-/m1/s1. The zero-order chi connectivity index (χ0) is 18.4. The molecule has 0 heterocycles. The van der Waals surface area contributed by atoms with E-state index < -0.39 is 36.7 Å². The van der Waals surface area contributed by atoms with Gasteiger partial charge in [-0.1, -0.05) is 71.1 Å². The highest BCUT2D eigenvalue weighted by Crippen LogP contribution is 2.13. The molecule has 6 heteroatoms. The lowest BCUT2D eigenvalue weighted by molar-refractivity contribution is -0.138. The fourth-order valence-corrected chi connectivity index (χ4v) is 2.70. The molecule has 0 aliphatic carbocycles. The molecule has 6 nitrogen and oxygen atoms in total. The summed E-state index contributed by atoms with van der Waals surface area (Å²) in [5, 5.41) is 37.4. The number of carbonyl (C=O) groups is 1. The van der Waals surface area contributed by atoms with Crippen LogP contribution in [-0.4, -0.2) is 57.2 Å². The van der Waals surface area contributed by atoms with Crippen molar-refractivity contribution in [3.8, 4) is 0 Å². The predicted molar refractivity (Wildman–Crippen MR) is 94.5 cm³/mol. The van der Waals surface area contributed by atoms with Gasteiger partial charge in [0.25, 0.3) is 0 Å². The van der Waals surface area contributed by atoms with Gasteiger partial charge in [-0.3, -0.25) is 4.79 Å². The van der Waals surface area contributed by atoms with Crippen LogP contribution in [0.1, 0.15) is 77.6 Å². The summed E-state index contributed by atoms with van der Waals surface area (Å²) in [4.78, 5) is 11.8. The molecule has 1 unspecified atom stereocenters. The van der Waals surface area contributed by atoms with Crippen LogP contribution in [0, 0.1) is 0 Å². The number of hydrogen-bond donors (Lipinski definition) is 5. The van der Waals surface area contributed by atoms with Crippen LogP contribution in [0.5, 0.6) is 0 Å². The summed E-state index contributed by atoms with van der Waals surface area (Å²) in [6.45, 7) is 1.48. The molecule has 24 heavy (non-hydrogen) atoms. The zero-order valence-corrected chi connectivity index (χ0v) is 15.1. The van der Waals surface area contributed by atoms with E-state index in [0.717, 1.165) is 19.3 Å². The second-order valence-corrected chi connectivity index (χ2v) is 6.66. The number of Topliss-reactive ketones (excluding diaryl/α,β-unsaturated/α-hetero) is 1. The second-order valence-electron chi connectivity index (χ2n) is 6.66. The third kappa shape index (κ3) is 10.4. The topological polar surface area (TPSA) is 124 Å². The quantitative estimate of drug-likeness (QED) is 0.268. The van der Waals surface area contributed by atoms with Crippen LogP contribution in [-0.2, 0) is 4.79 Å². The Morgan fingerprint density at radius 2 is 1.29 bits per heavy atom. The predicted octanol–water partition coefficient (Wildman–Crippen LogP) is 1.27. The van der Waals surface area contributed by atoms with Crippen molar-refractivity contribution in [2.75, 3.05) is 6.61 Å². The van der Waals surface area contributed by atoms with Crippen LogP contribution in [0.4, 0.5) is 0 Å². The maximum Gasteiger partial charge on any atom is 0.183 e. The van der Waals surface area contributed by atoms with Gasteiger partial charge < -0.3 is 26.2 Å². The van der Waals surface area contributed by atoms with Crippen LogP contribution in [0.2, 0.25) is 0 Å². The van der Waals surface area contributed by atoms with Gasteiger partial charge in [-0.25, -0.2) is 0 Å². The Hall–Kier alpha value is -0.530. The molecule has 4 atom stereocenters. The van der Waals surface area contributed by atoms with Crippen molar-refractivity contribution in [2.45, 2.75) is 102 Å². The number of carbonyl (C=O) groups excluding carboxylic acids is 1. The van der Waals surface area contributed by atoms with Gasteiger partial charge in [0.1, 0.15) is 12.2 Å². The van der Waals surface area contributed by atoms with Crippen LogP contribution in [0.25, 0.3) is 0 Å². The number of unbranched alkanes of at least 4 members (excludes halogenated alkanes) is 9. The second kappa shape index (κ2) is 14.8. The highest BCUT2D eigenvalue weighted by atomic mass is 16.4. The molecule has 0 spiro atoms. The largest absolute Gasteiger partial charge is 0.394 e. The molecular formula is C18H37NO5. The van der Waals surface area contributed by atoms with E-state index in [9.17, 15) is 20.1 Å². The van der Waals surface area contributed by atoms with Crippen molar-refractivity contribution in [3.63, 3.8) is 0 Å². The van der Waals surface area contributed by atoms with Crippen molar-refractivity contribution in [2.24, 2.45) is 5.73 Å². The first-order chi connectivity index (χ1) is 11.5. The van der Waals surface area contributed by atoms with E-state index in [1.807, 2.05) is 0 Å². The molecule has 0 radical (unpaired) electrons. The highest BCUT2D eigenvalue weighted by molar-refractivity contribution is 5.88. The van der Waals surface area contributed by atoms with E-state index >= 15 is 0 Å². The Labute approximate surface area is 146 Å². The summed E-state index contributed by atoms with van der Waals surface area (Å²) in [7, 11) is 0. The molecule has 0 aliphatic heterocycles. The minimum Gasteiger partial charge on any atom is -0.394 e. The lowest BCUT2D eigenvalue weighted by Gasteiger charge is -2.22. The summed E-state index contributed by atoms with van der Waals surface area (Å²) in [6.07, 6.45) is 7.84. The minimum absolute atomic E-state index is 0.394. The summed E-state index contributed by atoms with van der Waals surface area (Å²) in [5.74, 6) is -0.837. The van der Waals surface area contributed by atoms with Gasteiger partial charge in [0, 0.05) is 0 Å². The lowest BCUT2D eigenvalue weighted by atomic mass is 9.96. The number of hydrogen-bond acceptors (Lipinski definition) is 6. The van der Waals surface area contributed by atoms with Gasteiger partial charge in [0.05, 0.1) is 18.8 Å². The molecular weight excluding hydrogens is 310 g/mol. The van der Waals surface area contributed by atoms with Crippen molar-refractivity contribution < 1.29 is 25.2 Å². The number of ketones is 1. The van der Waals surface area contributed by atoms with Crippen molar-refractivity contribution in [3.05, 3.63) is 0 Å². The van der Waals surface area contributed by atoms with E-state index in [-0.39, 0.29) is 0 Å². The molecule has 0 aromatic carbocycles. The molecule has 0 saturated heterocycles. The minimum atomic E-state index is -1.76. The van der Waals surface area contributed by atoms with E-state index in [0.29, 0.717) is 6.42 Å². The molecule has 0 aliphatic rings. The molecule has 6 N–H and O–H groups in total. The van der Waals surface area contributed by atoms with Crippen LogP contribution < -0.4 is 5.73 Å². The Morgan fingerprint density at radius 3 is 1.75 bits per heavy atom. The fraction of sp³-hybridized carbons (Fsp3) is 0.944. The third-order valence-corrected chi connectivity index (χ3v) is 4.44. The first kappa shape index (κ1) is 23.5. The van der Waals surface area contributed by atoms with Gasteiger partial charge in [-0.15, -0.1) is 0 Å². The number of aliphatic hydroxyl groups is 4. The Bertz CT molecular complexity index is 314. The molecule has 0 amide bonds. The maximum atomic E-state index is 11.8. The van der Waals surface area contributed by atoms with E-state index in [1.54, 1.807) is 0 Å². The van der Waals surface area contributed by atoms with Crippen LogP contribution >= 0.6 is 0 Å². The van der Waals surface area contributed by atoms with Gasteiger partial charge in [0.15, 0.2) is 5.78 Å². The first-order valence-electron chi connectivity index (χ1n) is 9.40. The maximum absolute atomic E-state index is 11.8. The summed E-state index contributed by atoms with van der Waals surface area (Å²) in [6, 6.07) is -1.24. The molecule has 0 bridgehead atoms. The molecule has 0 rings (SSSR count). The van der Waals surface area contributed by atoms with Crippen LogP contribution in [0.3, 0.4) is 0 Å². The van der Waals surface area contributed by atoms with Crippen molar-refractivity contribution in [1.29, 1.82) is 0 Å². The average Bonchev–Trinajstić information content (AvgIpc) is 2.60. The van der Waals surface area contributed by atoms with Gasteiger partial charge in [-0.2, -0.15) is 0 Å². The third-order valence-electron chi connectivity index (χ3n) is 4.44. The van der Waals surface area contributed by atoms with Crippen LogP contribution in [0.15, 0.2) is 0 Å². The first-order valence-corrected chi connectivity index (χ1v) is 9.40. The molecule has 0 aromatic rings. The number of rotatable bonds is 16. The average molecular weight is 347 g/mol. The van der Waals surface area contributed by atoms with Gasteiger partial charge in [-0.05, 0) is 6.42 Å². The Morgan fingerprint density at radius 1 is 0.833 bits per heavy atom. The van der Waals surface area contributed by atoms with Gasteiger partial charge in [0.2, 0.25) is 0 Å². The lowest BCUT2D eigenvalue weighted by Crippen LogP contribution is -2.51. The number of nitrogens with two attached hydrogens (primary N) is 1. The normalized spacial score (nSPS) is 16.6. The summed E-state index contributed by atoms with van der Waals surface area (Å²) in [5.41, 5.74) is 5.62. The van der Waals surface area contributed by atoms with Gasteiger partial charge >= 0.3 is 0 Å². The summed E-state index contributed by atoms with van der Waals surface area (Å²) >= 11 is 0. The highest BCUT2D eigenvalue weighted by Gasteiger charge is 2.31. The smallest absolute Gasteiger partial charge is 0.183 e. The molecule has 0 aromatic heterocycles.